The molecule has 0 bridgehead atoms. The van der Waals surface area contributed by atoms with Crippen LogP contribution in [0.5, 0.6) is 0 Å². The lowest BCUT2D eigenvalue weighted by atomic mass is 9.98. The van der Waals surface area contributed by atoms with Crippen molar-refractivity contribution in [2.45, 2.75) is 32.7 Å². The zero-order valence-corrected chi connectivity index (χ0v) is 18.7. The molecule has 0 aliphatic heterocycles. The molecule has 1 aromatic heterocycles. The van der Waals surface area contributed by atoms with E-state index in [-0.39, 0.29) is 17.9 Å². The Hall–Kier alpha value is -2.92. The zero-order valence-electron chi connectivity index (χ0n) is 17.9. The monoisotopic (exact) mass is 420 g/mol. The van der Waals surface area contributed by atoms with Crippen molar-refractivity contribution in [3.05, 3.63) is 93.2 Å². The van der Waals surface area contributed by atoms with Crippen LogP contribution in [0.4, 0.5) is 0 Å². The predicted octanol–water partition coefficient (Wildman–Crippen LogP) is 5.48. The molecule has 0 aliphatic rings. The molecule has 2 aromatic carbocycles. The number of rotatable bonds is 7. The third-order valence-electron chi connectivity index (χ3n) is 5.23. The Morgan fingerprint density at radius 3 is 2.23 bits per heavy atom. The highest BCUT2D eigenvalue weighted by Gasteiger charge is 2.20. The molecule has 156 valence electrons. The molecule has 5 heteroatoms. The van der Waals surface area contributed by atoms with Gasteiger partial charge in [-0.15, -0.1) is 11.3 Å². The SMILES string of the molecule is CCN(C)C(=O)c1cccc(C(=O)NC(c2ccc(C(C)C)cc2)c2cccs2)c1. The fourth-order valence-corrected chi connectivity index (χ4v) is 4.02. The van der Waals surface area contributed by atoms with Gasteiger partial charge in [0.2, 0.25) is 0 Å². The van der Waals surface area contributed by atoms with Crippen molar-refractivity contribution in [3.8, 4) is 0 Å². The van der Waals surface area contributed by atoms with Gasteiger partial charge in [-0.25, -0.2) is 0 Å². The first-order valence-corrected chi connectivity index (χ1v) is 11.1. The second-order valence-corrected chi connectivity index (χ2v) is 8.62. The van der Waals surface area contributed by atoms with E-state index in [2.05, 4.69) is 43.4 Å². The van der Waals surface area contributed by atoms with Crippen molar-refractivity contribution >= 4 is 23.2 Å². The normalized spacial score (nSPS) is 11.9. The summed E-state index contributed by atoms with van der Waals surface area (Å²) in [5.74, 6) is 0.164. The highest BCUT2D eigenvalue weighted by atomic mass is 32.1. The maximum Gasteiger partial charge on any atom is 0.253 e. The number of benzene rings is 2. The molecule has 3 rings (SSSR count). The van der Waals surface area contributed by atoms with E-state index in [1.807, 2.05) is 24.4 Å². The van der Waals surface area contributed by atoms with Crippen molar-refractivity contribution in [2.75, 3.05) is 13.6 Å². The number of carbonyl (C=O) groups is 2. The molecular formula is C25H28N2O2S. The summed E-state index contributed by atoms with van der Waals surface area (Å²) >= 11 is 1.61. The minimum Gasteiger partial charge on any atom is -0.342 e. The Balaban J connectivity index is 1.87. The molecule has 0 fully saturated rings. The molecule has 0 spiro atoms. The van der Waals surface area contributed by atoms with Crippen LogP contribution in [0.2, 0.25) is 0 Å². The molecule has 3 aromatic rings. The molecule has 1 heterocycles. The van der Waals surface area contributed by atoms with Gasteiger partial charge in [0.1, 0.15) is 0 Å². The number of nitrogens with one attached hydrogen (secondary N) is 1. The summed E-state index contributed by atoms with van der Waals surface area (Å²) < 4.78 is 0. The molecule has 0 aliphatic carbocycles. The van der Waals surface area contributed by atoms with E-state index in [4.69, 9.17) is 0 Å². The summed E-state index contributed by atoms with van der Waals surface area (Å²) in [5, 5.41) is 5.17. The summed E-state index contributed by atoms with van der Waals surface area (Å²) in [6, 6.07) is 19.1. The fourth-order valence-electron chi connectivity index (χ4n) is 3.22. The molecule has 1 N–H and O–H groups in total. The van der Waals surface area contributed by atoms with Gasteiger partial charge in [-0.1, -0.05) is 50.2 Å². The Labute approximate surface area is 182 Å². The summed E-state index contributed by atoms with van der Waals surface area (Å²) in [4.78, 5) is 28.2. The van der Waals surface area contributed by atoms with Crippen LogP contribution in [0.25, 0.3) is 0 Å². The van der Waals surface area contributed by atoms with Crippen LogP contribution in [0.1, 0.15) is 69.5 Å². The molecule has 1 atom stereocenters. The largest absolute Gasteiger partial charge is 0.342 e. The highest BCUT2D eigenvalue weighted by molar-refractivity contribution is 7.10. The van der Waals surface area contributed by atoms with Crippen LogP contribution >= 0.6 is 11.3 Å². The first-order chi connectivity index (χ1) is 14.4. The maximum atomic E-state index is 13.1. The number of hydrogen-bond donors (Lipinski definition) is 1. The quantitative estimate of drug-likeness (QED) is 0.550. The number of carbonyl (C=O) groups excluding carboxylic acids is 2. The van der Waals surface area contributed by atoms with Crippen LogP contribution in [-0.2, 0) is 0 Å². The first kappa shape index (κ1) is 21.8. The molecule has 0 radical (unpaired) electrons. The second-order valence-electron chi connectivity index (χ2n) is 7.64. The minimum atomic E-state index is -0.239. The average molecular weight is 421 g/mol. The Morgan fingerprint density at radius 1 is 0.967 bits per heavy atom. The predicted molar refractivity (Wildman–Crippen MR) is 123 cm³/mol. The standard InChI is InChI=1S/C25H28N2O2S/c1-5-27(4)25(29)21-9-6-8-20(16-21)24(28)26-23(22-10-7-15-30-22)19-13-11-18(12-14-19)17(2)3/h6-17,23H,5H2,1-4H3,(H,26,28). The molecular weight excluding hydrogens is 392 g/mol. The van der Waals surface area contributed by atoms with Crippen molar-refractivity contribution in [3.63, 3.8) is 0 Å². The molecule has 0 saturated carbocycles. The van der Waals surface area contributed by atoms with Gasteiger partial charge in [-0.3, -0.25) is 9.59 Å². The van der Waals surface area contributed by atoms with Crippen molar-refractivity contribution < 1.29 is 9.59 Å². The van der Waals surface area contributed by atoms with Crippen LogP contribution < -0.4 is 5.32 Å². The van der Waals surface area contributed by atoms with Gasteiger partial charge in [0.15, 0.2) is 0 Å². The van der Waals surface area contributed by atoms with Crippen molar-refractivity contribution in [1.82, 2.24) is 10.2 Å². The molecule has 30 heavy (non-hydrogen) atoms. The van der Waals surface area contributed by atoms with Gasteiger partial charge in [0.05, 0.1) is 6.04 Å². The van der Waals surface area contributed by atoms with Crippen LogP contribution in [-0.4, -0.2) is 30.3 Å². The number of thiophene rings is 1. The van der Waals surface area contributed by atoms with E-state index in [0.29, 0.717) is 23.6 Å². The van der Waals surface area contributed by atoms with Crippen molar-refractivity contribution in [2.24, 2.45) is 0 Å². The van der Waals surface area contributed by atoms with E-state index in [9.17, 15) is 9.59 Å². The van der Waals surface area contributed by atoms with Gasteiger partial charge in [0, 0.05) is 29.6 Å². The van der Waals surface area contributed by atoms with E-state index in [0.717, 1.165) is 10.4 Å². The van der Waals surface area contributed by atoms with Crippen LogP contribution in [0.15, 0.2) is 66.0 Å². The Kier molecular flexibility index (Phi) is 7.06. The van der Waals surface area contributed by atoms with Crippen LogP contribution in [0.3, 0.4) is 0 Å². The van der Waals surface area contributed by atoms with Gasteiger partial charge in [-0.05, 0) is 53.6 Å². The van der Waals surface area contributed by atoms with E-state index in [1.165, 1.54) is 5.56 Å². The second kappa shape index (κ2) is 9.72. The molecule has 1 unspecified atom stereocenters. The first-order valence-electron chi connectivity index (χ1n) is 10.2. The average Bonchev–Trinajstić information content (AvgIpc) is 3.31. The topological polar surface area (TPSA) is 49.4 Å². The lowest BCUT2D eigenvalue weighted by Gasteiger charge is -2.20. The summed E-state index contributed by atoms with van der Waals surface area (Å²) in [7, 11) is 1.75. The third-order valence-corrected chi connectivity index (χ3v) is 6.17. The maximum absolute atomic E-state index is 13.1. The summed E-state index contributed by atoms with van der Waals surface area (Å²) in [6.45, 7) is 6.86. The lowest BCUT2D eigenvalue weighted by molar-refractivity contribution is 0.0802. The van der Waals surface area contributed by atoms with Gasteiger partial charge in [0.25, 0.3) is 11.8 Å². The molecule has 2 amide bonds. The molecule has 4 nitrogen and oxygen atoms in total. The number of amides is 2. The van der Waals surface area contributed by atoms with Crippen molar-refractivity contribution in [1.29, 1.82) is 0 Å². The molecule has 0 saturated heterocycles. The lowest BCUT2D eigenvalue weighted by Crippen LogP contribution is -2.30. The van der Waals surface area contributed by atoms with E-state index < -0.39 is 0 Å². The van der Waals surface area contributed by atoms with E-state index >= 15 is 0 Å². The minimum absolute atomic E-state index is 0.0915. The third kappa shape index (κ3) is 4.97. The fraction of sp³-hybridized carbons (Fsp3) is 0.280. The smallest absolute Gasteiger partial charge is 0.253 e. The Morgan fingerprint density at radius 2 is 1.63 bits per heavy atom. The van der Waals surface area contributed by atoms with Gasteiger partial charge >= 0.3 is 0 Å². The number of hydrogen-bond acceptors (Lipinski definition) is 3. The van der Waals surface area contributed by atoms with E-state index in [1.54, 1.807) is 47.5 Å². The van der Waals surface area contributed by atoms with Crippen LogP contribution in [0, 0.1) is 0 Å². The van der Waals surface area contributed by atoms with Gasteiger partial charge in [-0.2, -0.15) is 0 Å². The zero-order chi connectivity index (χ0) is 21.7. The number of nitrogens with zero attached hydrogens (tertiary/aromatic N) is 1. The van der Waals surface area contributed by atoms with Gasteiger partial charge < -0.3 is 10.2 Å². The Bertz CT molecular complexity index is 994. The highest BCUT2D eigenvalue weighted by Crippen LogP contribution is 2.28. The summed E-state index contributed by atoms with van der Waals surface area (Å²) in [5.41, 5.74) is 3.29. The summed E-state index contributed by atoms with van der Waals surface area (Å²) in [6.07, 6.45) is 0.